The van der Waals surface area contributed by atoms with Crippen LogP contribution in [0.25, 0.3) is 5.57 Å². The molecule has 21 heavy (non-hydrogen) atoms. The summed E-state index contributed by atoms with van der Waals surface area (Å²) in [7, 11) is 0. The molecule has 0 saturated heterocycles. The Balaban J connectivity index is 1.45. The van der Waals surface area contributed by atoms with E-state index in [1.165, 1.54) is 11.9 Å². The summed E-state index contributed by atoms with van der Waals surface area (Å²) in [5, 5.41) is 10.3. The third-order valence-corrected chi connectivity index (χ3v) is 4.32. The number of nitrogens with zero attached hydrogens (tertiary/aromatic N) is 2. The quantitative estimate of drug-likeness (QED) is 0.633. The van der Waals surface area contributed by atoms with Crippen molar-refractivity contribution in [3.63, 3.8) is 0 Å². The van der Waals surface area contributed by atoms with Gasteiger partial charge in [0.2, 0.25) is 5.91 Å². The van der Waals surface area contributed by atoms with Crippen LogP contribution in [0.5, 0.6) is 0 Å². The molecule has 1 aliphatic rings. The molecule has 108 valence electrons. The molecule has 0 saturated carbocycles. The molecular weight excluding hydrogens is 284 g/mol. The number of carbonyl (C=O) groups excluding carboxylic acids is 1. The van der Waals surface area contributed by atoms with Crippen molar-refractivity contribution in [2.24, 2.45) is 5.92 Å². The molecule has 1 aromatic heterocycles. The zero-order valence-electron chi connectivity index (χ0n) is 11.7. The van der Waals surface area contributed by atoms with Crippen LogP contribution in [-0.4, -0.2) is 33.4 Å². The average Bonchev–Trinajstić information content (AvgIpc) is 2.94. The van der Waals surface area contributed by atoms with Crippen molar-refractivity contribution in [1.29, 1.82) is 0 Å². The molecule has 0 spiro atoms. The molecule has 0 fully saturated rings. The number of thioether (sulfide) groups is 1. The number of rotatable bonds is 6. The molecule has 5 nitrogen and oxygen atoms in total. The molecule has 1 unspecified atom stereocenters. The fraction of sp³-hybridized carbons (Fsp3) is 0.267. The van der Waals surface area contributed by atoms with E-state index in [9.17, 15) is 4.79 Å². The summed E-state index contributed by atoms with van der Waals surface area (Å²) in [6.07, 6.45) is 1.48. The molecule has 0 aliphatic heterocycles. The summed E-state index contributed by atoms with van der Waals surface area (Å²) >= 11 is 1.54. The third-order valence-electron chi connectivity index (χ3n) is 3.44. The molecule has 0 radical (unpaired) electrons. The van der Waals surface area contributed by atoms with E-state index in [4.69, 9.17) is 0 Å². The highest BCUT2D eigenvalue weighted by atomic mass is 32.2. The Morgan fingerprint density at radius 2 is 2.19 bits per heavy atom. The van der Waals surface area contributed by atoms with Gasteiger partial charge in [-0.25, -0.2) is 4.98 Å². The molecule has 2 aromatic rings. The van der Waals surface area contributed by atoms with Gasteiger partial charge in [-0.2, -0.15) is 5.10 Å². The second kappa shape index (κ2) is 6.13. The lowest BCUT2D eigenvalue weighted by molar-refractivity contribution is -0.121. The van der Waals surface area contributed by atoms with E-state index in [1.54, 1.807) is 11.8 Å². The molecule has 1 heterocycles. The van der Waals surface area contributed by atoms with E-state index in [0.29, 0.717) is 6.54 Å². The zero-order valence-corrected chi connectivity index (χ0v) is 12.5. The molecular formula is C15H16N4OS. The minimum absolute atomic E-state index is 0.0531. The number of amides is 1. The zero-order chi connectivity index (χ0) is 14.7. The van der Waals surface area contributed by atoms with Gasteiger partial charge >= 0.3 is 0 Å². The molecule has 1 aromatic carbocycles. The van der Waals surface area contributed by atoms with Gasteiger partial charge in [0.25, 0.3) is 0 Å². The van der Waals surface area contributed by atoms with Gasteiger partial charge in [0.1, 0.15) is 6.33 Å². The van der Waals surface area contributed by atoms with Crippen LogP contribution in [0.15, 0.2) is 47.4 Å². The van der Waals surface area contributed by atoms with E-state index in [2.05, 4.69) is 20.5 Å². The first kappa shape index (κ1) is 13.9. The molecule has 6 heteroatoms. The minimum Gasteiger partial charge on any atom is -0.354 e. The topological polar surface area (TPSA) is 70.7 Å². The van der Waals surface area contributed by atoms with Gasteiger partial charge in [-0.15, -0.1) is 0 Å². The van der Waals surface area contributed by atoms with Crippen LogP contribution >= 0.6 is 11.8 Å². The van der Waals surface area contributed by atoms with Crippen LogP contribution in [0.1, 0.15) is 12.5 Å². The highest BCUT2D eigenvalue weighted by Gasteiger charge is 2.39. The number of carbonyl (C=O) groups is 1. The summed E-state index contributed by atoms with van der Waals surface area (Å²) < 4.78 is 0. The van der Waals surface area contributed by atoms with E-state index in [-0.39, 0.29) is 11.8 Å². The standard InChI is InChI=1S/C15H16N4OS/c1-10-12(11-5-3-2-4-6-11)13(10)14(20)16-7-8-21-15-17-9-18-19-15/h2-6,9,13H,7-8H2,1H3,(H,16,20)(H,17,18,19). The van der Waals surface area contributed by atoms with E-state index in [1.807, 2.05) is 37.3 Å². The first-order chi connectivity index (χ1) is 10.3. The van der Waals surface area contributed by atoms with Crippen molar-refractivity contribution in [2.45, 2.75) is 12.1 Å². The Morgan fingerprint density at radius 1 is 1.38 bits per heavy atom. The van der Waals surface area contributed by atoms with Crippen molar-refractivity contribution in [2.75, 3.05) is 12.3 Å². The number of H-pyrrole nitrogens is 1. The smallest absolute Gasteiger partial charge is 0.231 e. The Morgan fingerprint density at radius 3 is 2.90 bits per heavy atom. The normalized spacial score (nSPS) is 16.9. The largest absolute Gasteiger partial charge is 0.354 e. The fourth-order valence-electron chi connectivity index (χ4n) is 2.36. The number of aromatic nitrogens is 3. The lowest BCUT2D eigenvalue weighted by Crippen LogP contribution is -2.28. The number of aromatic amines is 1. The van der Waals surface area contributed by atoms with Crippen molar-refractivity contribution >= 4 is 23.2 Å². The first-order valence-corrected chi connectivity index (χ1v) is 7.78. The van der Waals surface area contributed by atoms with Crippen LogP contribution < -0.4 is 5.32 Å². The monoisotopic (exact) mass is 300 g/mol. The fourth-order valence-corrected chi connectivity index (χ4v) is 2.99. The van der Waals surface area contributed by atoms with Gasteiger partial charge in [-0.1, -0.05) is 47.7 Å². The third kappa shape index (κ3) is 3.16. The van der Waals surface area contributed by atoms with Gasteiger partial charge in [0.15, 0.2) is 5.16 Å². The molecule has 3 rings (SSSR count). The second-order valence-corrected chi connectivity index (χ2v) is 5.91. The highest BCUT2D eigenvalue weighted by molar-refractivity contribution is 7.99. The Bertz CT molecular complexity index is 652. The van der Waals surface area contributed by atoms with Crippen LogP contribution in [0, 0.1) is 5.92 Å². The minimum atomic E-state index is -0.0531. The van der Waals surface area contributed by atoms with E-state index < -0.39 is 0 Å². The van der Waals surface area contributed by atoms with E-state index >= 15 is 0 Å². The maximum atomic E-state index is 12.2. The van der Waals surface area contributed by atoms with Crippen LogP contribution in [-0.2, 0) is 4.79 Å². The highest BCUT2D eigenvalue weighted by Crippen LogP contribution is 2.46. The van der Waals surface area contributed by atoms with Gasteiger partial charge < -0.3 is 5.32 Å². The number of hydrogen-bond acceptors (Lipinski definition) is 4. The van der Waals surface area contributed by atoms with Gasteiger partial charge in [-0.3, -0.25) is 9.89 Å². The van der Waals surface area contributed by atoms with E-state index in [0.717, 1.165) is 22.0 Å². The molecule has 2 N–H and O–H groups in total. The number of hydrogen-bond donors (Lipinski definition) is 2. The Kier molecular flexibility index (Phi) is 4.06. The van der Waals surface area contributed by atoms with Crippen LogP contribution in [0.3, 0.4) is 0 Å². The molecule has 1 aliphatic carbocycles. The summed E-state index contributed by atoms with van der Waals surface area (Å²) in [5.74, 6) is 0.806. The maximum absolute atomic E-state index is 12.2. The lowest BCUT2D eigenvalue weighted by atomic mass is 10.1. The van der Waals surface area contributed by atoms with Crippen molar-refractivity contribution < 1.29 is 4.79 Å². The Hall–Kier alpha value is -2.08. The number of benzene rings is 1. The van der Waals surface area contributed by atoms with Gasteiger partial charge in [-0.05, 0) is 18.1 Å². The summed E-state index contributed by atoms with van der Waals surface area (Å²) in [6, 6.07) is 10.1. The SMILES string of the molecule is CC1=C(c2ccccc2)C1C(=O)NCCSc1ncn[nH]1. The first-order valence-electron chi connectivity index (χ1n) is 6.79. The van der Waals surface area contributed by atoms with Crippen LogP contribution in [0.2, 0.25) is 0 Å². The van der Waals surface area contributed by atoms with Gasteiger partial charge in [0, 0.05) is 12.3 Å². The second-order valence-electron chi connectivity index (χ2n) is 4.83. The van der Waals surface area contributed by atoms with Gasteiger partial charge in [0.05, 0.1) is 5.92 Å². The predicted octanol–water partition coefficient (Wildman–Crippen LogP) is 2.12. The Labute approximate surface area is 127 Å². The van der Waals surface area contributed by atoms with Crippen LogP contribution in [0.4, 0.5) is 0 Å². The summed E-state index contributed by atoms with van der Waals surface area (Å²) in [6.45, 7) is 2.64. The molecule has 0 bridgehead atoms. The van der Waals surface area contributed by atoms with Crippen molar-refractivity contribution in [3.05, 3.63) is 47.8 Å². The van der Waals surface area contributed by atoms with Crippen molar-refractivity contribution in [3.8, 4) is 0 Å². The summed E-state index contributed by atoms with van der Waals surface area (Å²) in [5.41, 5.74) is 3.48. The molecule has 1 atom stereocenters. The predicted molar refractivity (Wildman–Crippen MR) is 82.6 cm³/mol. The number of nitrogens with one attached hydrogen (secondary N) is 2. The molecule has 1 amide bonds. The maximum Gasteiger partial charge on any atom is 0.231 e. The lowest BCUT2D eigenvalue weighted by Gasteiger charge is -2.05. The average molecular weight is 300 g/mol. The summed E-state index contributed by atoms with van der Waals surface area (Å²) in [4.78, 5) is 16.2. The van der Waals surface area contributed by atoms with Crippen molar-refractivity contribution in [1.82, 2.24) is 20.5 Å².